The fraction of sp³-hybridized carbons (Fsp3) is 0.842. The van der Waals surface area contributed by atoms with Crippen LogP contribution < -0.4 is 10.6 Å². The van der Waals surface area contributed by atoms with Crippen molar-refractivity contribution >= 4 is 18.3 Å². The Morgan fingerprint density at radius 3 is 1.52 bits per heavy atom. The van der Waals surface area contributed by atoms with E-state index in [-0.39, 0.29) is 18.3 Å². The zero-order valence-corrected chi connectivity index (χ0v) is 17.9. The molecule has 0 aromatic heterocycles. The number of carbonyl (C=O) groups is 3. The molecule has 0 spiro atoms. The van der Waals surface area contributed by atoms with E-state index >= 15 is 0 Å². The molecule has 1 rings (SSSR count). The highest BCUT2D eigenvalue weighted by atomic mass is 16.5. The summed E-state index contributed by atoms with van der Waals surface area (Å²) in [5, 5.41) is 13.2. The summed E-state index contributed by atoms with van der Waals surface area (Å²) >= 11 is 0. The molecule has 10 nitrogen and oxygen atoms in total. The molecule has 10 heteroatoms. The smallest absolute Gasteiger partial charge is 0.290 e. The van der Waals surface area contributed by atoms with Gasteiger partial charge in [0.1, 0.15) is 0 Å². The van der Waals surface area contributed by atoms with Crippen LogP contribution in [0.4, 0.5) is 0 Å². The van der Waals surface area contributed by atoms with Gasteiger partial charge in [-0.3, -0.25) is 14.4 Å². The third-order valence-corrected chi connectivity index (χ3v) is 4.23. The fourth-order valence-corrected chi connectivity index (χ4v) is 2.71. The number of carboxylic acid groups (broad SMARTS) is 1. The van der Waals surface area contributed by atoms with E-state index in [9.17, 15) is 9.59 Å². The van der Waals surface area contributed by atoms with Crippen molar-refractivity contribution in [2.45, 2.75) is 26.7 Å². The molecule has 0 radical (unpaired) electrons. The number of amides is 2. The van der Waals surface area contributed by atoms with Crippen LogP contribution in [0.25, 0.3) is 0 Å². The van der Waals surface area contributed by atoms with Crippen LogP contribution >= 0.6 is 0 Å². The Balaban J connectivity index is 0.00000245. The van der Waals surface area contributed by atoms with Gasteiger partial charge in [-0.05, 0) is 39.8 Å². The highest BCUT2D eigenvalue weighted by Crippen LogP contribution is 2.02. The molecular formula is C19H38N4O6. The highest BCUT2D eigenvalue weighted by molar-refractivity contribution is 5.80. The van der Waals surface area contributed by atoms with Crippen molar-refractivity contribution in [3.8, 4) is 0 Å². The largest absolute Gasteiger partial charge is 0.483 e. The van der Waals surface area contributed by atoms with Crippen LogP contribution in [-0.2, 0) is 23.9 Å². The molecule has 0 unspecified atom stereocenters. The fourth-order valence-electron chi connectivity index (χ4n) is 2.71. The molecule has 170 valence electrons. The van der Waals surface area contributed by atoms with Gasteiger partial charge in [-0.15, -0.1) is 0 Å². The number of hydrogen-bond donors (Lipinski definition) is 3. The van der Waals surface area contributed by atoms with Crippen LogP contribution in [0.3, 0.4) is 0 Å². The first-order chi connectivity index (χ1) is 14.1. The zero-order valence-electron chi connectivity index (χ0n) is 17.9. The topological polar surface area (TPSA) is 120 Å². The van der Waals surface area contributed by atoms with Crippen LogP contribution in [0.5, 0.6) is 0 Å². The summed E-state index contributed by atoms with van der Waals surface area (Å²) in [6, 6.07) is 0. The molecule has 1 aliphatic rings. The molecule has 0 aromatic rings. The van der Waals surface area contributed by atoms with E-state index in [2.05, 4.69) is 10.6 Å². The molecule has 2 amide bonds. The van der Waals surface area contributed by atoms with Crippen molar-refractivity contribution in [2.24, 2.45) is 0 Å². The summed E-state index contributed by atoms with van der Waals surface area (Å²) in [6.07, 6.45) is 1.81. The second kappa shape index (κ2) is 19.6. The van der Waals surface area contributed by atoms with E-state index < -0.39 is 0 Å². The summed E-state index contributed by atoms with van der Waals surface area (Å²) in [6.45, 7) is 11.3. The number of rotatable bonds is 14. The van der Waals surface area contributed by atoms with Gasteiger partial charge < -0.3 is 35.0 Å². The molecule has 1 fully saturated rings. The van der Waals surface area contributed by atoms with Crippen molar-refractivity contribution in [2.75, 3.05) is 78.8 Å². The number of nitrogens with zero attached hydrogens (tertiary/aromatic N) is 2. The van der Waals surface area contributed by atoms with Gasteiger partial charge in [-0.25, -0.2) is 0 Å². The van der Waals surface area contributed by atoms with Gasteiger partial charge in [0.05, 0.1) is 13.1 Å². The van der Waals surface area contributed by atoms with Crippen molar-refractivity contribution in [1.82, 2.24) is 20.4 Å². The van der Waals surface area contributed by atoms with Gasteiger partial charge in [-0.2, -0.15) is 0 Å². The van der Waals surface area contributed by atoms with Crippen molar-refractivity contribution < 1.29 is 29.0 Å². The molecule has 1 aliphatic heterocycles. The molecule has 0 saturated carbocycles. The Morgan fingerprint density at radius 1 is 0.862 bits per heavy atom. The minimum Gasteiger partial charge on any atom is -0.483 e. The van der Waals surface area contributed by atoms with Crippen LogP contribution in [0.2, 0.25) is 0 Å². The summed E-state index contributed by atoms with van der Waals surface area (Å²) < 4.78 is 10.5. The number of nitrogens with one attached hydrogen (secondary N) is 2. The Morgan fingerprint density at radius 2 is 1.21 bits per heavy atom. The van der Waals surface area contributed by atoms with E-state index in [0.29, 0.717) is 39.3 Å². The van der Waals surface area contributed by atoms with E-state index in [1.54, 1.807) is 0 Å². The first-order valence-corrected chi connectivity index (χ1v) is 10.3. The van der Waals surface area contributed by atoms with Gasteiger partial charge in [0, 0.05) is 52.6 Å². The second-order valence-corrected chi connectivity index (χ2v) is 6.32. The second-order valence-electron chi connectivity index (χ2n) is 6.32. The standard InChI is InChI=1S/C18H36N4O4.CH2O2/c1-3-25-13-5-7-19-15-17(23)21-9-11-22(12-10-21)18(24)16-20-8-6-14-26-4-2;2-1-3/h19-20H,3-16H2,1-2H3;1H,(H,2,3). The summed E-state index contributed by atoms with van der Waals surface area (Å²) in [7, 11) is 0. The van der Waals surface area contributed by atoms with Crippen molar-refractivity contribution in [1.29, 1.82) is 0 Å². The molecule has 1 saturated heterocycles. The predicted molar refractivity (Wildman–Crippen MR) is 110 cm³/mol. The molecule has 1 heterocycles. The zero-order chi connectivity index (χ0) is 21.7. The maximum atomic E-state index is 12.2. The number of carbonyl (C=O) groups excluding carboxylic acids is 2. The SMILES string of the molecule is CCOCCCNCC(=O)N1CCN(C(=O)CNCCCOCC)CC1.O=CO. The Kier molecular flexibility index (Phi) is 18.4. The lowest BCUT2D eigenvalue weighted by atomic mass is 10.3. The monoisotopic (exact) mass is 418 g/mol. The van der Waals surface area contributed by atoms with E-state index in [1.165, 1.54) is 0 Å². The van der Waals surface area contributed by atoms with Crippen LogP contribution in [-0.4, -0.2) is 112 Å². The summed E-state index contributed by atoms with van der Waals surface area (Å²) in [4.78, 5) is 36.3. The Labute approximate surface area is 173 Å². The summed E-state index contributed by atoms with van der Waals surface area (Å²) in [5.74, 6) is 0.199. The minimum absolute atomic E-state index is 0.0996. The molecule has 3 N–H and O–H groups in total. The molecule has 0 atom stereocenters. The predicted octanol–water partition coefficient (Wildman–Crippen LogP) is -0.610. The molecular weight excluding hydrogens is 380 g/mol. The molecule has 0 aliphatic carbocycles. The Hall–Kier alpha value is -1.75. The number of piperazine rings is 1. The van der Waals surface area contributed by atoms with E-state index in [4.69, 9.17) is 19.4 Å². The van der Waals surface area contributed by atoms with Gasteiger partial charge in [-0.1, -0.05) is 0 Å². The first kappa shape index (κ1) is 27.2. The number of ether oxygens (including phenoxy) is 2. The highest BCUT2D eigenvalue weighted by Gasteiger charge is 2.23. The lowest BCUT2D eigenvalue weighted by Crippen LogP contribution is -2.53. The third kappa shape index (κ3) is 14.8. The normalized spacial score (nSPS) is 13.6. The maximum Gasteiger partial charge on any atom is 0.290 e. The van der Waals surface area contributed by atoms with Gasteiger partial charge >= 0.3 is 0 Å². The van der Waals surface area contributed by atoms with E-state index in [1.807, 2.05) is 23.6 Å². The van der Waals surface area contributed by atoms with Crippen molar-refractivity contribution in [3.63, 3.8) is 0 Å². The third-order valence-electron chi connectivity index (χ3n) is 4.23. The average Bonchev–Trinajstić information content (AvgIpc) is 2.73. The quantitative estimate of drug-likeness (QED) is 0.252. The van der Waals surface area contributed by atoms with Gasteiger partial charge in [0.15, 0.2) is 0 Å². The molecule has 0 bridgehead atoms. The average molecular weight is 419 g/mol. The molecule has 29 heavy (non-hydrogen) atoms. The van der Waals surface area contributed by atoms with Crippen LogP contribution in [0, 0.1) is 0 Å². The van der Waals surface area contributed by atoms with Gasteiger partial charge in [0.25, 0.3) is 6.47 Å². The lowest BCUT2D eigenvalue weighted by molar-refractivity contribution is -0.138. The van der Waals surface area contributed by atoms with Gasteiger partial charge in [0.2, 0.25) is 11.8 Å². The lowest BCUT2D eigenvalue weighted by Gasteiger charge is -2.35. The number of hydrogen-bond acceptors (Lipinski definition) is 7. The minimum atomic E-state index is -0.250. The van der Waals surface area contributed by atoms with Crippen LogP contribution in [0.15, 0.2) is 0 Å². The summed E-state index contributed by atoms with van der Waals surface area (Å²) in [5.41, 5.74) is 0. The Bertz CT molecular complexity index is 395. The van der Waals surface area contributed by atoms with Crippen molar-refractivity contribution in [3.05, 3.63) is 0 Å². The first-order valence-electron chi connectivity index (χ1n) is 10.3. The van der Waals surface area contributed by atoms with Crippen LogP contribution in [0.1, 0.15) is 26.7 Å². The molecule has 0 aromatic carbocycles. The maximum absolute atomic E-state index is 12.2. The van der Waals surface area contributed by atoms with E-state index in [0.717, 1.165) is 52.4 Å².